The van der Waals surface area contributed by atoms with Crippen LogP contribution in [0.15, 0.2) is 30.6 Å². The average molecular weight is 364 g/mol. The van der Waals surface area contributed by atoms with E-state index in [2.05, 4.69) is 6.92 Å². The molecule has 1 atom stereocenters. The number of nitrogens with two attached hydrogens (primary N) is 1. The molecule has 0 saturated carbocycles. The Morgan fingerprint density at radius 3 is 1.92 bits per heavy atom. The van der Waals surface area contributed by atoms with Gasteiger partial charge in [0.1, 0.15) is 0 Å². The summed E-state index contributed by atoms with van der Waals surface area (Å²) in [5, 5.41) is 0. The minimum absolute atomic E-state index is 0.292. The fourth-order valence-corrected chi connectivity index (χ4v) is 3.12. The average Bonchev–Trinajstić information content (AvgIpc) is 2.65. The van der Waals surface area contributed by atoms with Crippen LogP contribution in [0.25, 0.3) is 0 Å². The third-order valence-corrected chi connectivity index (χ3v) is 4.76. The number of ether oxygens (including phenoxy) is 1. The molecule has 1 amide bonds. The standard InChI is InChI=1S/C21H34N2O3/c1-3-5-6-7-8-9-10-11-13-16-19(24)26-21(4-2,20(22)25)23-17-14-12-15-18-23/h12,14-15,17-18H,3-11,13,16H2,1-2H3,(H-,22,25)/p+1. The normalized spacial score (nSPS) is 13.2. The molecule has 0 aliphatic rings. The molecule has 1 aromatic rings. The molecular weight excluding hydrogens is 328 g/mol. The van der Waals surface area contributed by atoms with Gasteiger partial charge in [-0.3, -0.25) is 9.59 Å². The van der Waals surface area contributed by atoms with Gasteiger partial charge in [0.2, 0.25) is 0 Å². The molecule has 0 radical (unpaired) electrons. The summed E-state index contributed by atoms with van der Waals surface area (Å²) in [6.45, 7) is 4.01. The summed E-state index contributed by atoms with van der Waals surface area (Å²) in [5.74, 6) is -1.03. The van der Waals surface area contributed by atoms with E-state index in [1.165, 1.54) is 38.5 Å². The molecule has 1 unspecified atom stereocenters. The van der Waals surface area contributed by atoms with E-state index >= 15 is 0 Å². The molecular formula is C21H35N2O3+. The molecule has 1 aromatic heterocycles. The summed E-state index contributed by atoms with van der Waals surface area (Å²) in [7, 11) is 0. The van der Waals surface area contributed by atoms with Crippen molar-refractivity contribution in [1.82, 2.24) is 0 Å². The zero-order chi connectivity index (χ0) is 19.3. The summed E-state index contributed by atoms with van der Waals surface area (Å²) in [6, 6.07) is 5.39. The molecule has 26 heavy (non-hydrogen) atoms. The van der Waals surface area contributed by atoms with Crippen LogP contribution in [0.5, 0.6) is 0 Å². The predicted molar refractivity (Wildman–Crippen MR) is 102 cm³/mol. The van der Waals surface area contributed by atoms with Crippen molar-refractivity contribution >= 4 is 11.9 Å². The van der Waals surface area contributed by atoms with Gasteiger partial charge in [-0.25, -0.2) is 0 Å². The lowest BCUT2D eigenvalue weighted by atomic mass is 10.1. The SMILES string of the molecule is CCCCCCCCCCCC(=O)OC(CC)(C(N)=O)[n+]1ccccc1. The van der Waals surface area contributed by atoms with Gasteiger partial charge in [-0.15, -0.1) is 0 Å². The predicted octanol–water partition coefficient (Wildman–Crippen LogP) is 3.99. The van der Waals surface area contributed by atoms with E-state index < -0.39 is 11.6 Å². The number of primary amides is 1. The maximum Gasteiger partial charge on any atom is 0.393 e. The van der Waals surface area contributed by atoms with E-state index in [4.69, 9.17) is 10.5 Å². The first-order valence-electron chi connectivity index (χ1n) is 10.0. The molecule has 0 bridgehead atoms. The van der Waals surface area contributed by atoms with E-state index in [9.17, 15) is 9.59 Å². The van der Waals surface area contributed by atoms with Crippen molar-refractivity contribution in [2.75, 3.05) is 0 Å². The van der Waals surface area contributed by atoms with Crippen molar-refractivity contribution in [3.63, 3.8) is 0 Å². The van der Waals surface area contributed by atoms with Gasteiger partial charge in [-0.2, -0.15) is 4.57 Å². The summed E-state index contributed by atoms with van der Waals surface area (Å²) < 4.78 is 7.13. The maximum atomic E-state index is 12.3. The van der Waals surface area contributed by atoms with Crippen LogP contribution in [0.3, 0.4) is 0 Å². The number of pyridine rings is 1. The van der Waals surface area contributed by atoms with E-state index in [-0.39, 0.29) is 5.97 Å². The highest BCUT2D eigenvalue weighted by molar-refractivity contribution is 5.82. The number of unbranched alkanes of at least 4 members (excludes halogenated alkanes) is 8. The maximum absolute atomic E-state index is 12.3. The Hall–Kier alpha value is -1.91. The molecule has 0 aliphatic heterocycles. The first kappa shape index (κ1) is 22.1. The number of carbonyl (C=O) groups is 2. The zero-order valence-corrected chi connectivity index (χ0v) is 16.4. The smallest absolute Gasteiger partial charge is 0.392 e. The van der Waals surface area contributed by atoms with Crippen LogP contribution in [-0.4, -0.2) is 11.9 Å². The van der Waals surface area contributed by atoms with E-state index in [0.29, 0.717) is 12.8 Å². The Morgan fingerprint density at radius 1 is 0.885 bits per heavy atom. The van der Waals surface area contributed by atoms with E-state index in [0.717, 1.165) is 19.3 Å². The highest BCUT2D eigenvalue weighted by Gasteiger charge is 2.48. The van der Waals surface area contributed by atoms with Crippen LogP contribution >= 0.6 is 0 Å². The number of rotatable bonds is 14. The zero-order valence-electron chi connectivity index (χ0n) is 16.4. The van der Waals surface area contributed by atoms with Crippen LogP contribution in [0.2, 0.25) is 0 Å². The first-order chi connectivity index (χ1) is 12.6. The number of aromatic nitrogens is 1. The van der Waals surface area contributed by atoms with Gasteiger partial charge in [0.15, 0.2) is 12.4 Å². The molecule has 0 aliphatic carbocycles. The van der Waals surface area contributed by atoms with Gasteiger partial charge >= 0.3 is 17.6 Å². The molecule has 5 nitrogen and oxygen atoms in total. The van der Waals surface area contributed by atoms with Crippen LogP contribution in [0.1, 0.15) is 84.5 Å². The van der Waals surface area contributed by atoms with Crippen molar-refractivity contribution in [1.29, 1.82) is 0 Å². The number of hydrogen-bond donors (Lipinski definition) is 1. The molecule has 2 N–H and O–H groups in total. The van der Waals surface area contributed by atoms with E-state index in [1.54, 1.807) is 36.0 Å². The number of amides is 1. The van der Waals surface area contributed by atoms with Crippen molar-refractivity contribution in [2.45, 2.75) is 90.2 Å². The summed E-state index contributed by atoms with van der Waals surface area (Å²) >= 11 is 0. The fraction of sp³-hybridized carbons (Fsp3) is 0.667. The van der Waals surface area contributed by atoms with Crippen LogP contribution in [0, 0.1) is 0 Å². The van der Waals surface area contributed by atoms with E-state index in [1.807, 2.05) is 6.07 Å². The van der Waals surface area contributed by atoms with Crippen LogP contribution in [-0.2, 0) is 20.1 Å². The highest BCUT2D eigenvalue weighted by atomic mass is 16.6. The van der Waals surface area contributed by atoms with Gasteiger partial charge in [-0.1, -0.05) is 71.3 Å². The van der Waals surface area contributed by atoms with Gasteiger partial charge in [0.05, 0.1) is 6.42 Å². The van der Waals surface area contributed by atoms with Gasteiger partial charge in [0, 0.05) is 18.6 Å². The summed E-state index contributed by atoms with van der Waals surface area (Å²) in [4.78, 5) is 24.3. The van der Waals surface area contributed by atoms with Crippen molar-refractivity contribution in [2.24, 2.45) is 5.73 Å². The molecule has 0 spiro atoms. The van der Waals surface area contributed by atoms with Crippen LogP contribution < -0.4 is 10.3 Å². The Morgan fingerprint density at radius 2 is 1.42 bits per heavy atom. The molecule has 1 heterocycles. The Bertz CT molecular complexity index is 533. The first-order valence-corrected chi connectivity index (χ1v) is 10.0. The molecule has 0 fully saturated rings. The largest absolute Gasteiger partial charge is 0.393 e. The van der Waals surface area contributed by atoms with Crippen molar-refractivity contribution in [3.8, 4) is 0 Å². The lowest BCUT2D eigenvalue weighted by Crippen LogP contribution is -2.65. The minimum atomic E-state index is -1.45. The summed E-state index contributed by atoms with van der Waals surface area (Å²) in [6.07, 6.45) is 14.7. The molecule has 146 valence electrons. The quantitative estimate of drug-likeness (QED) is 0.309. The molecule has 5 heteroatoms. The van der Waals surface area contributed by atoms with Crippen molar-refractivity contribution < 1.29 is 18.9 Å². The van der Waals surface area contributed by atoms with Gasteiger partial charge < -0.3 is 10.5 Å². The second-order valence-electron chi connectivity index (χ2n) is 6.84. The minimum Gasteiger partial charge on any atom is -0.392 e. The molecule has 1 rings (SSSR count). The molecule has 0 saturated heterocycles. The van der Waals surface area contributed by atoms with Crippen LogP contribution in [0.4, 0.5) is 0 Å². The third kappa shape index (κ3) is 7.14. The monoisotopic (exact) mass is 363 g/mol. The van der Waals surface area contributed by atoms with Gasteiger partial charge in [0.25, 0.3) is 0 Å². The lowest BCUT2D eigenvalue weighted by molar-refractivity contribution is -0.786. The highest BCUT2D eigenvalue weighted by Crippen LogP contribution is 2.18. The number of carbonyl (C=O) groups excluding carboxylic acids is 2. The fourth-order valence-electron chi connectivity index (χ4n) is 3.12. The second kappa shape index (κ2) is 12.4. The molecule has 0 aromatic carbocycles. The third-order valence-electron chi connectivity index (χ3n) is 4.76. The Kier molecular flexibility index (Phi) is 10.6. The van der Waals surface area contributed by atoms with Crippen molar-refractivity contribution in [3.05, 3.63) is 30.6 Å². The number of hydrogen-bond acceptors (Lipinski definition) is 3. The topological polar surface area (TPSA) is 73.3 Å². The lowest BCUT2D eigenvalue weighted by Gasteiger charge is -2.23. The number of nitrogens with zero attached hydrogens (tertiary/aromatic N) is 1. The number of esters is 1. The summed E-state index contributed by atoms with van der Waals surface area (Å²) in [5.41, 5.74) is 4.12. The second-order valence-corrected chi connectivity index (χ2v) is 6.84. The Labute approximate surface area is 157 Å². The van der Waals surface area contributed by atoms with Gasteiger partial charge in [-0.05, 0) is 6.42 Å². The Balaban J connectivity index is 2.38.